The molecule has 0 bridgehead atoms. The van der Waals surface area contributed by atoms with Gasteiger partial charge in [0.1, 0.15) is 0 Å². The molecule has 1 N–H and O–H groups in total. The van der Waals surface area contributed by atoms with E-state index in [0.29, 0.717) is 0 Å². The first kappa shape index (κ1) is 6.66. The highest BCUT2D eigenvalue weighted by atomic mass is 14.9. The van der Waals surface area contributed by atoms with E-state index in [4.69, 9.17) is 0 Å². The molecule has 0 amide bonds. The van der Waals surface area contributed by atoms with Crippen LogP contribution in [0.4, 0.5) is 0 Å². The Morgan fingerprint density at radius 3 is 2.80 bits per heavy atom. The number of hydrogen-bond donors (Lipinski definition) is 1. The Bertz CT molecular complexity index is 114. The smallest absolute Gasteiger partial charge is 0.00204 e. The first-order valence-corrected chi connectivity index (χ1v) is 4.58. The van der Waals surface area contributed by atoms with Crippen molar-refractivity contribution in [3.63, 3.8) is 0 Å². The van der Waals surface area contributed by atoms with E-state index < -0.39 is 0 Å². The third-order valence-corrected chi connectivity index (χ3v) is 3.37. The molecule has 2 fully saturated rings. The van der Waals surface area contributed by atoms with Crippen LogP contribution in [-0.2, 0) is 0 Å². The zero-order valence-corrected chi connectivity index (χ0v) is 6.77. The average molecular weight is 139 g/mol. The average Bonchev–Trinajstić information content (AvgIpc) is 1.92. The van der Waals surface area contributed by atoms with E-state index in [0.717, 1.165) is 17.8 Å². The Kier molecular flexibility index (Phi) is 1.69. The molecule has 1 aliphatic carbocycles. The molecule has 0 spiro atoms. The van der Waals surface area contributed by atoms with E-state index >= 15 is 0 Å². The van der Waals surface area contributed by atoms with Crippen molar-refractivity contribution in [3.8, 4) is 0 Å². The molecule has 1 heterocycles. The van der Waals surface area contributed by atoms with Gasteiger partial charge in [0, 0.05) is 0 Å². The summed E-state index contributed by atoms with van der Waals surface area (Å²) in [5, 5.41) is 3.50. The van der Waals surface area contributed by atoms with Crippen molar-refractivity contribution in [2.45, 2.75) is 26.2 Å². The quantitative estimate of drug-likeness (QED) is 0.538. The van der Waals surface area contributed by atoms with Gasteiger partial charge in [-0.05, 0) is 50.1 Å². The summed E-state index contributed by atoms with van der Waals surface area (Å²) in [6.45, 7) is 4.93. The molecule has 1 aliphatic heterocycles. The molecule has 58 valence electrons. The molecule has 1 saturated heterocycles. The monoisotopic (exact) mass is 139 g/mol. The highest BCUT2D eigenvalue weighted by molar-refractivity contribution is 4.87. The lowest BCUT2D eigenvalue weighted by Gasteiger charge is -2.38. The van der Waals surface area contributed by atoms with E-state index in [9.17, 15) is 0 Å². The fourth-order valence-electron chi connectivity index (χ4n) is 2.47. The Hall–Kier alpha value is -0.0400. The van der Waals surface area contributed by atoms with Crippen LogP contribution < -0.4 is 5.32 Å². The number of fused-ring (bicyclic) bond motifs is 1. The summed E-state index contributed by atoms with van der Waals surface area (Å²) in [6, 6.07) is 0. The van der Waals surface area contributed by atoms with E-state index in [1.807, 2.05) is 0 Å². The minimum Gasteiger partial charge on any atom is -0.316 e. The second-order valence-electron chi connectivity index (χ2n) is 3.97. The second kappa shape index (κ2) is 2.54. The van der Waals surface area contributed by atoms with Crippen LogP contribution in [0.5, 0.6) is 0 Å². The molecule has 2 aliphatic rings. The van der Waals surface area contributed by atoms with Crippen molar-refractivity contribution in [1.82, 2.24) is 5.32 Å². The third-order valence-electron chi connectivity index (χ3n) is 3.37. The van der Waals surface area contributed by atoms with Gasteiger partial charge >= 0.3 is 0 Å². The van der Waals surface area contributed by atoms with Gasteiger partial charge in [-0.1, -0.05) is 6.92 Å². The molecule has 0 aromatic heterocycles. The molecule has 2 unspecified atom stereocenters. The highest BCUT2D eigenvalue weighted by Gasteiger charge is 2.35. The Morgan fingerprint density at radius 2 is 2.10 bits per heavy atom. The van der Waals surface area contributed by atoms with Crippen LogP contribution in [-0.4, -0.2) is 13.1 Å². The van der Waals surface area contributed by atoms with Gasteiger partial charge in [0.25, 0.3) is 0 Å². The van der Waals surface area contributed by atoms with Crippen molar-refractivity contribution in [1.29, 1.82) is 0 Å². The fourth-order valence-corrected chi connectivity index (χ4v) is 2.47. The minimum atomic E-state index is 0.946. The molecule has 0 radical (unpaired) electrons. The molecule has 3 atom stereocenters. The lowest BCUT2D eigenvalue weighted by Crippen LogP contribution is -2.31. The minimum absolute atomic E-state index is 0.946. The van der Waals surface area contributed by atoms with Crippen LogP contribution in [0.3, 0.4) is 0 Å². The van der Waals surface area contributed by atoms with Crippen molar-refractivity contribution in [3.05, 3.63) is 0 Å². The Labute approximate surface area is 63.2 Å². The maximum Gasteiger partial charge on any atom is -0.00204 e. The maximum atomic E-state index is 3.50. The zero-order chi connectivity index (χ0) is 6.97. The number of nitrogens with one attached hydrogen (secondary N) is 1. The zero-order valence-electron chi connectivity index (χ0n) is 6.77. The Balaban J connectivity index is 1.98. The highest BCUT2D eigenvalue weighted by Crippen LogP contribution is 2.42. The maximum absolute atomic E-state index is 3.50. The normalized spacial score (nSPS) is 47.1. The van der Waals surface area contributed by atoms with Crippen molar-refractivity contribution in [2.75, 3.05) is 13.1 Å². The van der Waals surface area contributed by atoms with Gasteiger partial charge < -0.3 is 5.32 Å². The van der Waals surface area contributed by atoms with Gasteiger partial charge in [-0.15, -0.1) is 0 Å². The van der Waals surface area contributed by atoms with Crippen LogP contribution in [0.25, 0.3) is 0 Å². The standard InChI is InChI=1S/C9H17N/c1-7-6-10-5-4-8-2-3-9(7)8/h7-10H,2-6H2,1H3/t7-,8?,9?/m1/s1. The summed E-state index contributed by atoms with van der Waals surface area (Å²) in [4.78, 5) is 0. The van der Waals surface area contributed by atoms with Gasteiger partial charge in [-0.3, -0.25) is 0 Å². The van der Waals surface area contributed by atoms with Crippen LogP contribution in [0.2, 0.25) is 0 Å². The predicted molar refractivity (Wildman–Crippen MR) is 42.9 cm³/mol. The van der Waals surface area contributed by atoms with Gasteiger partial charge in [0.05, 0.1) is 0 Å². The number of rotatable bonds is 0. The predicted octanol–water partition coefficient (Wildman–Crippen LogP) is 1.64. The molecule has 10 heavy (non-hydrogen) atoms. The summed E-state index contributed by atoms with van der Waals surface area (Å²) >= 11 is 0. The van der Waals surface area contributed by atoms with Crippen molar-refractivity contribution in [2.24, 2.45) is 17.8 Å². The van der Waals surface area contributed by atoms with Crippen LogP contribution in [0, 0.1) is 17.8 Å². The summed E-state index contributed by atoms with van der Waals surface area (Å²) in [5.74, 6) is 3.11. The van der Waals surface area contributed by atoms with Gasteiger partial charge in [-0.25, -0.2) is 0 Å². The summed E-state index contributed by atoms with van der Waals surface area (Å²) in [7, 11) is 0. The fraction of sp³-hybridized carbons (Fsp3) is 1.00. The van der Waals surface area contributed by atoms with Crippen LogP contribution >= 0.6 is 0 Å². The summed E-state index contributed by atoms with van der Waals surface area (Å²) in [6.07, 6.45) is 4.46. The van der Waals surface area contributed by atoms with E-state index in [1.54, 1.807) is 0 Å². The SMILES string of the molecule is C[C@@H]1CNCCC2CCC21. The van der Waals surface area contributed by atoms with Crippen molar-refractivity contribution < 1.29 is 0 Å². The summed E-state index contributed by atoms with van der Waals surface area (Å²) in [5.41, 5.74) is 0. The van der Waals surface area contributed by atoms with Gasteiger partial charge in [0.15, 0.2) is 0 Å². The van der Waals surface area contributed by atoms with Gasteiger partial charge in [0.2, 0.25) is 0 Å². The van der Waals surface area contributed by atoms with Crippen LogP contribution in [0.15, 0.2) is 0 Å². The molecule has 1 nitrogen and oxygen atoms in total. The third kappa shape index (κ3) is 0.968. The number of hydrogen-bond acceptors (Lipinski definition) is 1. The van der Waals surface area contributed by atoms with E-state index in [1.165, 1.54) is 32.4 Å². The molecular formula is C9H17N. The Morgan fingerprint density at radius 1 is 1.20 bits per heavy atom. The summed E-state index contributed by atoms with van der Waals surface area (Å²) < 4.78 is 0. The molecular weight excluding hydrogens is 122 g/mol. The van der Waals surface area contributed by atoms with E-state index in [2.05, 4.69) is 12.2 Å². The lowest BCUT2D eigenvalue weighted by atomic mass is 9.67. The molecule has 2 rings (SSSR count). The lowest BCUT2D eigenvalue weighted by molar-refractivity contribution is 0.124. The van der Waals surface area contributed by atoms with Crippen molar-refractivity contribution >= 4 is 0 Å². The molecule has 0 aromatic rings. The van der Waals surface area contributed by atoms with E-state index in [-0.39, 0.29) is 0 Å². The topological polar surface area (TPSA) is 12.0 Å². The molecule has 1 saturated carbocycles. The molecule has 0 aromatic carbocycles. The van der Waals surface area contributed by atoms with Gasteiger partial charge in [-0.2, -0.15) is 0 Å². The largest absolute Gasteiger partial charge is 0.316 e. The second-order valence-corrected chi connectivity index (χ2v) is 3.97. The first-order valence-electron chi connectivity index (χ1n) is 4.58. The first-order chi connectivity index (χ1) is 4.88. The molecule has 1 heteroatoms. The van der Waals surface area contributed by atoms with Crippen LogP contribution in [0.1, 0.15) is 26.2 Å².